The van der Waals surface area contributed by atoms with Gasteiger partial charge in [0.05, 0.1) is 21.3 Å². The van der Waals surface area contributed by atoms with Crippen molar-refractivity contribution in [3.8, 4) is 17.2 Å². The van der Waals surface area contributed by atoms with Gasteiger partial charge in [0, 0.05) is 31.7 Å². The molecule has 106 valence electrons. The van der Waals surface area contributed by atoms with Gasteiger partial charge in [0.15, 0.2) is 11.5 Å². The SMILES string of the molecule is COc1cc2c(c(OC)c1OC)CCN(CCN)C2. The van der Waals surface area contributed by atoms with Gasteiger partial charge in [-0.1, -0.05) is 0 Å². The molecule has 1 aliphatic rings. The molecular formula is C14H22N2O3. The number of benzene rings is 1. The van der Waals surface area contributed by atoms with Gasteiger partial charge < -0.3 is 19.9 Å². The first-order valence-electron chi connectivity index (χ1n) is 6.48. The third-order valence-corrected chi connectivity index (χ3v) is 3.54. The van der Waals surface area contributed by atoms with Crippen molar-refractivity contribution in [2.24, 2.45) is 5.73 Å². The first-order valence-corrected chi connectivity index (χ1v) is 6.48. The number of hydrogen-bond donors (Lipinski definition) is 1. The fourth-order valence-electron chi connectivity index (χ4n) is 2.64. The van der Waals surface area contributed by atoms with Gasteiger partial charge in [0.2, 0.25) is 5.75 Å². The minimum atomic E-state index is 0.677. The van der Waals surface area contributed by atoms with E-state index >= 15 is 0 Å². The fraction of sp³-hybridized carbons (Fsp3) is 0.571. The van der Waals surface area contributed by atoms with Crippen LogP contribution in [0.25, 0.3) is 0 Å². The van der Waals surface area contributed by atoms with Gasteiger partial charge in [-0.05, 0) is 18.1 Å². The molecule has 2 N–H and O–H groups in total. The van der Waals surface area contributed by atoms with E-state index in [1.807, 2.05) is 6.07 Å². The average Bonchev–Trinajstić information content (AvgIpc) is 2.45. The minimum absolute atomic E-state index is 0.677. The van der Waals surface area contributed by atoms with E-state index in [1.165, 1.54) is 11.1 Å². The Morgan fingerprint density at radius 2 is 1.89 bits per heavy atom. The Hall–Kier alpha value is -1.46. The predicted octanol–water partition coefficient (Wildman–Crippen LogP) is 1.03. The van der Waals surface area contributed by atoms with Crippen LogP contribution in [0.2, 0.25) is 0 Å². The van der Waals surface area contributed by atoms with Gasteiger partial charge in [-0.2, -0.15) is 0 Å². The summed E-state index contributed by atoms with van der Waals surface area (Å²) >= 11 is 0. The zero-order chi connectivity index (χ0) is 13.8. The van der Waals surface area contributed by atoms with E-state index in [9.17, 15) is 0 Å². The van der Waals surface area contributed by atoms with Gasteiger partial charge in [0.25, 0.3) is 0 Å². The van der Waals surface area contributed by atoms with Crippen LogP contribution in [0, 0.1) is 0 Å². The highest BCUT2D eigenvalue weighted by Gasteiger charge is 2.24. The molecule has 0 saturated heterocycles. The molecule has 2 rings (SSSR count). The molecule has 0 spiro atoms. The highest BCUT2D eigenvalue weighted by Crippen LogP contribution is 2.43. The Bertz CT molecular complexity index is 449. The summed E-state index contributed by atoms with van der Waals surface area (Å²) in [7, 11) is 4.95. The second kappa shape index (κ2) is 6.12. The first kappa shape index (κ1) is 14.0. The third kappa shape index (κ3) is 2.62. The molecular weight excluding hydrogens is 244 g/mol. The first-order chi connectivity index (χ1) is 9.24. The molecule has 5 nitrogen and oxygen atoms in total. The summed E-state index contributed by atoms with van der Waals surface area (Å²) in [4.78, 5) is 2.34. The number of ether oxygens (including phenoxy) is 3. The Labute approximate surface area is 114 Å². The molecule has 0 aromatic heterocycles. The minimum Gasteiger partial charge on any atom is -0.493 e. The predicted molar refractivity (Wildman–Crippen MR) is 74.1 cm³/mol. The van der Waals surface area contributed by atoms with Crippen LogP contribution in [0.1, 0.15) is 11.1 Å². The molecule has 0 aliphatic carbocycles. The molecule has 0 fully saturated rings. The lowest BCUT2D eigenvalue weighted by Gasteiger charge is -2.30. The smallest absolute Gasteiger partial charge is 0.203 e. The van der Waals surface area contributed by atoms with E-state index in [1.54, 1.807) is 21.3 Å². The summed E-state index contributed by atoms with van der Waals surface area (Å²) in [6.07, 6.45) is 0.943. The van der Waals surface area contributed by atoms with Crippen molar-refractivity contribution in [2.75, 3.05) is 41.0 Å². The summed E-state index contributed by atoms with van der Waals surface area (Å²) < 4.78 is 16.3. The van der Waals surface area contributed by atoms with Crippen LogP contribution in [0.3, 0.4) is 0 Å². The molecule has 0 bridgehead atoms. The molecule has 0 radical (unpaired) electrons. The number of rotatable bonds is 5. The molecule has 0 amide bonds. The second-order valence-corrected chi connectivity index (χ2v) is 4.60. The maximum absolute atomic E-state index is 5.63. The van der Waals surface area contributed by atoms with Gasteiger partial charge >= 0.3 is 0 Å². The molecule has 1 aromatic rings. The number of hydrogen-bond acceptors (Lipinski definition) is 5. The van der Waals surface area contributed by atoms with Crippen LogP contribution >= 0.6 is 0 Å². The summed E-state index contributed by atoms with van der Waals surface area (Å²) in [5, 5.41) is 0. The maximum atomic E-state index is 5.63. The number of methoxy groups -OCH3 is 3. The molecule has 1 heterocycles. The van der Waals surface area contributed by atoms with Crippen molar-refractivity contribution in [3.63, 3.8) is 0 Å². The van der Waals surface area contributed by atoms with Crippen molar-refractivity contribution in [1.82, 2.24) is 4.90 Å². The number of nitrogens with two attached hydrogens (primary N) is 1. The van der Waals surface area contributed by atoms with Gasteiger partial charge in [-0.15, -0.1) is 0 Å². The quantitative estimate of drug-likeness (QED) is 0.862. The van der Waals surface area contributed by atoms with Gasteiger partial charge in [0.1, 0.15) is 0 Å². The van der Waals surface area contributed by atoms with Crippen LogP contribution in [0.4, 0.5) is 0 Å². The molecule has 0 atom stereocenters. The zero-order valence-corrected chi connectivity index (χ0v) is 11.9. The lowest BCUT2D eigenvalue weighted by atomic mass is 9.97. The molecule has 0 saturated carbocycles. The molecule has 1 aromatic carbocycles. The van der Waals surface area contributed by atoms with Crippen LogP contribution in [-0.4, -0.2) is 45.9 Å². The monoisotopic (exact) mass is 266 g/mol. The van der Waals surface area contributed by atoms with Crippen molar-refractivity contribution in [3.05, 3.63) is 17.2 Å². The largest absolute Gasteiger partial charge is 0.493 e. The topological polar surface area (TPSA) is 57.0 Å². The maximum Gasteiger partial charge on any atom is 0.203 e. The van der Waals surface area contributed by atoms with Crippen LogP contribution in [0.5, 0.6) is 17.2 Å². The molecule has 1 aliphatic heterocycles. The molecule has 0 unspecified atom stereocenters. The van der Waals surface area contributed by atoms with Crippen LogP contribution < -0.4 is 19.9 Å². The normalized spacial score (nSPS) is 14.9. The third-order valence-electron chi connectivity index (χ3n) is 3.54. The molecule has 19 heavy (non-hydrogen) atoms. The molecule has 5 heteroatoms. The van der Waals surface area contributed by atoms with Crippen molar-refractivity contribution < 1.29 is 14.2 Å². The number of fused-ring (bicyclic) bond motifs is 1. The van der Waals surface area contributed by atoms with E-state index in [4.69, 9.17) is 19.9 Å². The van der Waals surface area contributed by atoms with E-state index < -0.39 is 0 Å². The van der Waals surface area contributed by atoms with E-state index in [2.05, 4.69) is 4.90 Å². The van der Waals surface area contributed by atoms with Gasteiger partial charge in [-0.3, -0.25) is 4.90 Å². The van der Waals surface area contributed by atoms with E-state index in [0.29, 0.717) is 18.0 Å². The zero-order valence-electron chi connectivity index (χ0n) is 11.9. The van der Waals surface area contributed by atoms with Crippen LogP contribution in [-0.2, 0) is 13.0 Å². The second-order valence-electron chi connectivity index (χ2n) is 4.60. The summed E-state index contributed by atoms with van der Waals surface area (Å²) in [5.41, 5.74) is 8.07. The standard InChI is InChI=1S/C14H22N2O3/c1-17-12-8-10-9-16(7-5-15)6-4-11(10)13(18-2)14(12)19-3/h8H,4-7,9,15H2,1-3H3. The van der Waals surface area contributed by atoms with Crippen molar-refractivity contribution in [2.45, 2.75) is 13.0 Å². The summed E-state index contributed by atoms with van der Waals surface area (Å²) in [5.74, 6) is 2.19. The average molecular weight is 266 g/mol. The summed E-state index contributed by atoms with van der Waals surface area (Å²) in [6.45, 7) is 3.47. The van der Waals surface area contributed by atoms with Gasteiger partial charge in [-0.25, -0.2) is 0 Å². The highest BCUT2D eigenvalue weighted by atomic mass is 16.5. The highest BCUT2D eigenvalue weighted by molar-refractivity contribution is 5.59. The lowest BCUT2D eigenvalue weighted by Crippen LogP contribution is -2.34. The lowest BCUT2D eigenvalue weighted by molar-refractivity contribution is 0.253. The summed E-state index contributed by atoms with van der Waals surface area (Å²) in [6, 6.07) is 2.04. The van der Waals surface area contributed by atoms with Crippen molar-refractivity contribution >= 4 is 0 Å². The van der Waals surface area contributed by atoms with Crippen molar-refractivity contribution in [1.29, 1.82) is 0 Å². The Balaban J connectivity index is 2.42. The van der Waals surface area contributed by atoms with Crippen LogP contribution in [0.15, 0.2) is 6.07 Å². The Kier molecular flexibility index (Phi) is 4.50. The Morgan fingerprint density at radius 1 is 1.16 bits per heavy atom. The number of nitrogens with zero attached hydrogens (tertiary/aromatic N) is 1. The fourth-order valence-corrected chi connectivity index (χ4v) is 2.64. The van der Waals surface area contributed by atoms with E-state index in [0.717, 1.165) is 31.8 Å². The van der Waals surface area contributed by atoms with E-state index in [-0.39, 0.29) is 0 Å². The Morgan fingerprint density at radius 3 is 2.47 bits per heavy atom.